The van der Waals surface area contributed by atoms with E-state index in [4.69, 9.17) is 0 Å². The summed E-state index contributed by atoms with van der Waals surface area (Å²) in [7, 11) is 2.01. The van der Waals surface area contributed by atoms with Crippen LogP contribution in [0.1, 0.15) is 45.4 Å². The standard InChI is InChI=1S/C16H26N2O2/c1-10-8-12-13(9-10)16(20)18(15(12)19)7-6-11-4-3-5-14(11)17-2/h10-14,17H,3-9H2,1-2H3. The maximum Gasteiger partial charge on any atom is 0.233 e. The molecule has 1 N–H and O–H groups in total. The van der Waals surface area contributed by atoms with E-state index in [0.717, 1.165) is 19.3 Å². The van der Waals surface area contributed by atoms with E-state index in [-0.39, 0.29) is 23.7 Å². The number of nitrogens with one attached hydrogen (secondary N) is 1. The van der Waals surface area contributed by atoms with Crippen LogP contribution in [0.4, 0.5) is 0 Å². The van der Waals surface area contributed by atoms with Gasteiger partial charge < -0.3 is 5.32 Å². The number of carbonyl (C=O) groups is 2. The molecule has 4 atom stereocenters. The van der Waals surface area contributed by atoms with Crippen LogP contribution in [0.3, 0.4) is 0 Å². The van der Waals surface area contributed by atoms with Crippen LogP contribution in [0.2, 0.25) is 0 Å². The van der Waals surface area contributed by atoms with Crippen molar-refractivity contribution in [3.63, 3.8) is 0 Å². The van der Waals surface area contributed by atoms with Crippen molar-refractivity contribution in [2.45, 2.75) is 51.5 Å². The van der Waals surface area contributed by atoms with E-state index in [1.807, 2.05) is 7.05 Å². The second kappa shape index (κ2) is 5.47. The predicted octanol–water partition coefficient (Wildman–Crippen LogP) is 1.80. The van der Waals surface area contributed by atoms with Crippen molar-refractivity contribution in [3.05, 3.63) is 0 Å². The van der Waals surface area contributed by atoms with Crippen molar-refractivity contribution < 1.29 is 9.59 Å². The van der Waals surface area contributed by atoms with E-state index in [0.29, 0.717) is 24.4 Å². The number of hydrogen-bond donors (Lipinski definition) is 1. The number of carbonyl (C=O) groups excluding carboxylic acids is 2. The lowest BCUT2D eigenvalue weighted by Gasteiger charge is -2.22. The predicted molar refractivity (Wildman–Crippen MR) is 76.9 cm³/mol. The largest absolute Gasteiger partial charge is 0.317 e. The van der Waals surface area contributed by atoms with E-state index in [9.17, 15) is 9.59 Å². The minimum atomic E-state index is 0.00109. The molecule has 0 aromatic carbocycles. The first kappa shape index (κ1) is 14.1. The molecule has 2 saturated carbocycles. The van der Waals surface area contributed by atoms with Crippen LogP contribution >= 0.6 is 0 Å². The van der Waals surface area contributed by atoms with Gasteiger partial charge in [0, 0.05) is 12.6 Å². The zero-order chi connectivity index (χ0) is 14.3. The van der Waals surface area contributed by atoms with Crippen LogP contribution in [0.15, 0.2) is 0 Å². The Kier molecular flexibility index (Phi) is 3.85. The molecule has 2 aliphatic carbocycles. The van der Waals surface area contributed by atoms with Gasteiger partial charge in [-0.2, -0.15) is 0 Å². The van der Waals surface area contributed by atoms with Gasteiger partial charge in [0.1, 0.15) is 0 Å². The van der Waals surface area contributed by atoms with Crippen molar-refractivity contribution in [1.29, 1.82) is 0 Å². The molecule has 0 spiro atoms. The van der Waals surface area contributed by atoms with Gasteiger partial charge in [-0.15, -0.1) is 0 Å². The third-order valence-electron chi connectivity index (χ3n) is 5.72. The Morgan fingerprint density at radius 2 is 1.80 bits per heavy atom. The summed E-state index contributed by atoms with van der Waals surface area (Å²) in [5, 5.41) is 3.37. The van der Waals surface area contributed by atoms with Crippen molar-refractivity contribution in [1.82, 2.24) is 10.2 Å². The third kappa shape index (κ3) is 2.28. The summed E-state index contributed by atoms with van der Waals surface area (Å²) in [5.74, 6) is 1.39. The number of nitrogens with zero attached hydrogens (tertiary/aromatic N) is 1. The molecule has 3 fully saturated rings. The van der Waals surface area contributed by atoms with Crippen LogP contribution in [-0.2, 0) is 9.59 Å². The van der Waals surface area contributed by atoms with E-state index in [1.54, 1.807) is 4.90 Å². The van der Waals surface area contributed by atoms with Crippen molar-refractivity contribution in [3.8, 4) is 0 Å². The molecule has 1 heterocycles. The van der Waals surface area contributed by atoms with Gasteiger partial charge in [0.2, 0.25) is 11.8 Å². The molecule has 20 heavy (non-hydrogen) atoms. The minimum Gasteiger partial charge on any atom is -0.317 e. The maximum atomic E-state index is 12.4. The lowest BCUT2D eigenvalue weighted by molar-refractivity contribution is -0.140. The van der Waals surface area contributed by atoms with Crippen LogP contribution in [0.5, 0.6) is 0 Å². The number of likely N-dealkylation sites (tertiary alicyclic amines) is 1. The average molecular weight is 278 g/mol. The fourth-order valence-electron chi connectivity index (χ4n) is 4.62. The molecule has 0 bridgehead atoms. The van der Waals surface area contributed by atoms with Gasteiger partial charge in [0.15, 0.2) is 0 Å². The quantitative estimate of drug-likeness (QED) is 0.798. The fourth-order valence-corrected chi connectivity index (χ4v) is 4.62. The molecule has 0 aromatic heterocycles. The van der Waals surface area contributed by atoms with Gasteiger partial charge in [0.05, 0.1) is 11.8 Å². The number of imide groups is 1. The summed E-state index contributed by atoms with van der Waals surface area (Å²) in [6.45, 7) is 2.79. The average Bonchev–Trinajstić information content (AvgIpc) is 3.08. The summed E-state index contributed by atoms with van der Waals surface area (Å²) >= 11 is 0. The highest BCUT2D eigenvalue weighted by atomic mass is 16.2. The highest BCUT2D eigenvalue weighted by Gasteiger charge is 2.51. The first-order valence-electron chi connectivity index (χ1n) is 8.14. The zero-order valence-corrected chi connectivity index (χ0v) is 12.6. The zero-order valence-electron chi connectivity index (χ0n) is 12.6. The van der Waals surface area contributed by atoms with E-state index < -0.39 is 0 Å². The summed E-state index contributed by atoms with van der Waals surface area (Å²) in [5.41, 5.74) is 0. The summed E-state index contributed by atoms with van der Waals surface area (Å²) in [6, 6.07) is 0.572. The second-order valence-corrected chi connectivity index (χ2v) is 6.99. The Bertz CT molecular complexity index is 385. The molecule has 1 aliphatic heterocycles. The Hall–Kier alpha value is -0.900. The summed E-state index contributed by atoms with van der Waals surface area (Å²) in [4.78, 5) is 26.4. The van der Waals surface area contributed by atoms with Gasteiger partial charge in [-0.1, -0.05) is 13.3 Å². The van der Waals surface area contributed by atoms with Crippen LogP contribution in [0.25, 0.3) is 0 Å². The van der Waals surface area contributed by atoms with Gasteiger partial charge in [-0.25, -0.2) is 0 Å². The van der Waals surface area contributed by atoms with Crippen LogP contribution in [-0.4, -0.2) is 36.3 Å². The Labute approximate surface area is 121 Å². The molecule has 1 saturated heterocycles. The minimum absolute atomic E-state index is 0.00109. The van der Waals surface area contributed by atoms with Gasteiger partial charge in [0.25, 0.3) is 0 Å². The lowest BCUT2D eigenvalue weighted by atomic mass is 9.99. The molecule has 4 unspecified atom stereocenters. The van der Waals surface area contributed by atoms with Crippen LogP contribution in [0, 0.1) is 23.7 Å². The van der Waals surface area contributed by atoms with Crippen molar-refractivity contribution >= 4 is 11.8 Å². The monoisotopic (exact) mass is 278 g/mol. The molecule has 2 amide bonds. The maximum absolute atomic E-state index is 12.4. The Morgan fingerprint density at radius 1 is 1.15 bits per heavy atom. The highest BCUT2D eigenvalue weighted by molar-refractivity contribution is 6.05. The van der Waals surface area contributed by atoms with Crippen LogP contribution < -0.4 is 5.32 Å². The SMILES string of the molecule is CNC1CCCC1CCN1C(=O)C2CC(C)CC2C1=O. The van der Waals surface area contributed by atoms with Crippen molar-refractivity contribution in [2.24, 2.45) is 23.7 Å². The molecule has 0 aromatic rings. The molecule has 0 radical (unpaired) electrons. The molecule has 4 heteroatoms. The smallest absolute Gasteiger partial charge is 0.233 e. The number of rotatable bonds is 4. The number of fused-ring (bicyclic) bond motifs is 1. The molecular formula is C16H26N2O2. The highest BCUT2D eigenvalue weighted by Crippen LogP contribution is 2.43. The number of amides is 2. The Balaban J connectivity index is 1.59. The normalized spacial score (nSPS) is 40.7. The molecule has 112 valence electrons. The first-order chi connectivity index (χ1) is 9.61. The topological polar surface area (TPSA) is 49.4 Å². The Morgan fingerprint density at radius 3 is 2.40 bits per heavy atom. The summed E-state index contributed by atoms with van der Waals surface area (Å²) in [6.07, 6.45) is 6.51. The number of hydrogen-bond acceptors (Lipinski definition) is 3. The van der Waals surface area contributed by atoms with Gasteiger partial charge >= 0.3 is 0 Å². The molecule has 3 aliphatic rings. The van der Waals surface area contributed by atoms with E-state index >= 15 is 0 Å². The third-order valence-corrected chi connectivity index (χ3v) is 5.72. The van der Waals surface area contributed by atoms with E-state index in [1.165, 1.54) is 19.3 Å². The summed E-state index contributed by atoms with van der Waals surface area (Å²) < 4.78 is 0. The molecule has 3 rings (SSSR count). The van der Waals surface area contributed by atoms with Gasteiger partial charge in [-0.3, -0.25) is 14.5 Å². The first-order valence-corrected chi connectivity index (χ1v) is 8.14. The van der Waals surface area contributed by atoms with Gasteiger partial charge in [-0.05, 0) is 51.0 Å². The molecule has 4 nitrogen and oxygen atoms in total. The molecular weight excluding hydrogens is 252 g/mol. The van der Waals surface area contributed by atoms with Crippen molar-refractivity contribution in [2.75, 3.05) is 13.6 Å². The van der Waals surface area contributed by atoms with E-state index in [2.05, 4.69) is 12.2 Å². The fraction of sp³-hybridized carbons (Fsp3) is 0.875. The lowest BCUT2D eigenvalue weighted by Crippen LogP contribution is -2.36. The second-order valence-electron chi connectivity index (χ2n) is 6.99.